The molecule has 0 fully saturated rings. The molecule has 1 aromatic heterocycles. The van der Waals surface area contributed by atoms with Gasteiger partial charge < -0.3 is 9.84 Å². The topological polar surface area (TPSA) is 59.4 Å². The van der Waals surface area contributed by atoms with Gasteiger partial charge in [-0.15, -0.1) is 11.3 Å². The quantitative estimate of drug-likeness (QED) is 0.932. The van der Waals surface area contributed by atoms with Crippen molar-refractivity contribution in [1.29, 1.82) is 0 Å². The third kappa shape index (κ3) is 2.61. The highest BCUT2D eigenvalue weighted by molar-refractivity contribution is 7.11. The number of benzene rings is 1. The summed E-state index contributed by atoms with van der Waals surface area (Å²) in [6, 6.07) is 6.43. The van der Waals surface area contributed by atoms with E-state index in [9.17, 15) is 4.79 Å². The van der Waals surface area contributed by atoms with E-state index in [1.54, 1.807) is 35.6 Å². The van der Waals surface area contributed by atoms with Crippen LogP contribution in [0.5, 0.6) is 5.75 Å². The fourth-order valence-corrected chi connectivity index (χ4v) is 3.21. The SMILES string of the molecule is O=C(O)c1ccc(OCc2nc3c(s2)CCC3)cc1. The minimum atomic E-state index is -0.928. The van der Waals surface area contributed by atoms with Gasteiger partial charge in [-0.25, -0.2) is 9.78 Å². The second-order valence-corrected chi connectivity index (χ2v) is 5.62. The third-order valence-corrected chi connectivity index (χ3v) is 4.23. The summed E-state index contributed by atoms with van der Waals surface area (Å²) in [5.74, 6) is -0.261. The Morgan fingerprint density at radius 1 is 1.32 bits per heavy atom. The number of ether oxygens (including phenoxy) is 1. The van der Waals surface area contributed by atoms with Gasteiger partial charge in [-0.3, -0.25) is 0 Å². The summed E-state index contributed by atoms with van der Waals surface area (Å²) in [5.41, 5.74) is 1.49. The number of aromatic nitrogens is 1. The van der Waals surface area contributed by atoms with E-state index in [4.69, 9.17) is 9.84 Å². The third-order valence-electron chi connectivity index (χ3n) is 3.10. The number of fused-ring (bicyclic) bond motifs is 1. The first-order valence-corrected chi connectivity index (χ1v) is 6.97. The zero-order valence-corrected chi connectivity index (χ0v) is 11.1. The molecule has 1 N–H and O–H groups in total. The van der Waals surface area contributed by atoms with Crippen LogP contribution in [0.4, 0.5) is 0 Å². The fraction of sp³-hybridized carbons (Fsp3) is 0.286. The number of aromatic carboxylic acids is 1. The molecule has 0 saturated carbocycles. The maximum Gasteiger partial charge on any atom is 0.335 e. The first-order chi connectivity index (χ1) is 9.22. The van der Waals surface area contributed by atoms with Gasteiger partial charge >= 0.3 is 5.97 Å². The summed E-state index contributed by atoms with van der Waals surface area (Å²) in [6.07, 6.45) is 3.44. The molecule has 0 bridgehead atoms. The predicted molar refractivity (Wildman–Crippen MR) is 71.9 cm³/mol. The monoisotopic (exact) mass is 275 g/mol. The number of carbonyl (C=O) groups is 1. The van der Waals surface area contributed by atoms with Gasteiger partial charge in [-0.2, -0.15) is 0 Å². The van der Waals surface area contributed by atoms with Crippen LogP contribution >= 0.6 is 11.3 Å². The van der Waals surface area contributed by atoms with E-state index < -0.39 is 5.97 Å². The Morgan fingerprint density at radius 3 is 2.79 bits per heavy atom. The fourth-order valence-electron chi connectivity index (χ4n) is 2.14. The van der Waals surface area contributed by atoms with Crippen LogP contribution in [0.1, 0.15) is 32.4 Å². The summed E-state index contributed by atoms with van der Waals surface area (Å²) in [6.45, 7) is 0.448. The van der Waals surface area contributed by atoms with Crippen LogP contribution in [0.15, 0.2) is 24.3 Å². The molecule has 19 heavy (non-hydrogen) atoms. The predicted octanol–water partition coefficient (Wildman–Crippen LogP) is 2.91. The number of hydrogen-bond acceptors (Lipinski definition) is 4. The number of carboxylic acid groups (broad SMARTS) is 1. The molecule has 2 aromatic rings. The Balaban J connectivity index is 1.63. The highest BCUT2D eigenvalue weighted by Gasteiger charge is 2.16. The summed E-state index contributed by atoms with van der Waals surface area (Å²) in [4.78, 5) is 16.7. The van der Waals surface area contributed by atoms with Crippen LogP contribution in [-0.2, 0) is 19.4 Å². The van der Waals surface area contributed by atoms with E-state index in [1.165, 1.54) is 17.0 Å². The van der Waals surface area contributed by atoms with Crippen molar-refractivity contribution in [3.05, 3.63) is 45.4 Å². The van der Waals surface area contributed by atoms with Gasteiger partial charge in [0, 0.05) is 4.88 Å². The van der Waals surface area contributed by atoms with Crippen molar-refractivity contribution in [3.8, 4) is 5.75 Å². The molecule has 1 heterocycles. The molecule has 98 valence electrons. The molecule has 4 nitrogen and oxygen atoms in total. The smallest absolute Gasteiger partial charge is 0.335 e. The first kappa shape index (κ1) is 12.2. The Bertz CT molecular complexity index is 582. The maximum absolute atomic E-state index is 10.7. The van der Waals surface area contributed by atoms with E-state index in [-0.39, 0.29) is 5.56 Å². The van der Waals surface area contributed by atoms with Gasteiger partial charge in [0.05, 0.1) is 11.3 Å². The van der Waals surface area contributed by atoms with Gasteiger partial charge in [0.1, 0.15) is 17.4 Å². The maximum atomic E-state index is 10.7. The number of nitrogens with zero attached hydrogens (tertiary/aromatic N) is 1. The largest absolute Gasteiger partial charge is 0.486 e. The molecule has 1 aliphatic rings. The van der Waals surface area contributed by atoms with Crippen LogP contribution in [-0.4, -0.2) is 16.1 Å². The standard InChI is InChI=1S/C14H13NO3S/c16-14(17)9-4-6-10(7-5-9)18-8-13-15-11-2-1-3-12(11)19-13/h4-7H,1-3,8H2,(H,16,17). The van der Waals surface area contributed by atoms with Crippen molar-refractivity contribution in [2.75, 3.05) is 0 Å². The van der Waals surface area contributed by atoms with Gasteiger partial charge in [-0.1, -0.05) is 0 Å². The molecule has 0 radical (unpaired) electrons. The number of aryl methyl sites for hydroxylation is 2. The second kappa shape index (κ2) is 5.01. The number of carboxylic acids is 1. The van der Waals surface area contributed by atoms with Crippen LogP contribution < -0.4 is 4.74 Å². The van der Waals surface area contributed by atoms with Gasteiger partial charge in [0.15, 0.2) is 0 Å². The van der Waals surface area contributed by atoms with E-state index >= 15 is 0 Å². The summed E-state index contributed by atoms with van der Waals surface area (Å²) < 4.78 is 5.62. The average molecular weight is 275 g/mol. The van der Waals surface area contributed by atoms with Crippen molar-refractivity contribution in [3.63, 3.8) is 0 Å². The Hall–Kier alpha value is -1.88. The highest BCUT2D eigenvalue weighted by Crippen LogP contribution is 2.28. The van der Waals surface area contributed by atoms with E-state index in [0.29, 0.717) is 12.4 Å². The Kier molecular flexibility index (Phi) is 3.21. The molecule has 0 aliphatic heterocycles. The molecule has 0 unspecified atom stereocenters. The van der Waals surface area contributed by atoms with Crippen LogP contribution in [0.25, 0.3) is 0 Å². The molecule has 1 aliphatic carbocycles. The zero-order valence-electron chi connectivity index (χ0n) is 10.3. The van der Waals surface area contributed by atoms with Crippen molar-refractivity contribution in [1.82, 2.24) is 4.98 Å². The summed E-state index contributed by atoms with van der Waals surface area (Å²) >= 11 is 1.72. The minimum absolute atomic E-state index is 0.264. The average Bonchev–Trinajstić information content (AvgIpc) is 2.97. The Labute approximate surface area is 114 Å². The second-order valence-electron chi connectivity index (χ2n) is 4.45. The van der Waals surface area contributed by atoms with E-state index in [2.05, 4.69) is 4.98 Å². The van der Waals surface area contributed by atoms with Crippen molar-refractivity contribution >= 4 is 17.3 Å². The zero-order chi connectivity index (χ0) is 13.2. The lowest BCUT2D eigenvalue weighted by molar-refractivity contribution is 0.0697. The summed E-state index contributed by atoms with van der Waals surface area (Å²) in [5, 5.41) is 9.79. The molecule has 0 saturated heterocycles. The van der Waals surface area contributed by atoms with Crippen LogP contribution in [0.2, 0.25) is 0 Å². The Morgan fingerprint density at radius 2 is 2.11 bits per heavy atom. The number of rotatable bonds is 4. The van der Waals surface area contributed by atoms with Gasteiger partial charge in [-0.05, 0) is 43.5 Å². The van der Waals surface area contributed by atoms with E-state index in [1.807, 2.05) is 0 Å². The lowest BCUT2D eigenvalue weighted by Gasteiger charge is -2.04. The van der Waals surface area contributed by atoms with Gasteiger partial charge in [0.2, 0.25) is 0 Å². The molecule has 0 spiro atoms. The highest BCUT2D eigenvalue weighted by atomic mass is 32.1. The number of thiazole rings is 1. The first-order valence-electron chi connectivity index (χ1n) is 6.16. The minimum Gasteiger partial charge on any atom is -0.486 e. The van der Waals surface area contributed by atoms with Crippen molar-refractivity contribution < 1.29 is 14.6 Å². The van der Waals surface area contributed by atoms with E-state index in [0.717, 1.165) is 17.8 Å². The normalized spacial score (nSPS) is 13.3. The lowest BCUT2D eigenvalue weighted by atomic mass is 10.2. The molecule has 0 atom stereocenters. The van der Waals surface area contributed by atoms with Crippen molar-refractivity contribution in [2.45, 2.75) is 25.9 Å². The molecular weight excluding hydrogens is 262 g/mol. The number of hydrogen-bond donors (Lipinski definition) is 1. The summed E-state index contributed by atoms with van der Waals surface area (Å²) in [7, 11) is 0. The van der Waals surface area contributed by atoms with Crippen LogP contribution in [0.3, 0.4) is 0 Å². The van der Waals surface area contributed by atoms with Crippen LogP contribution in [0, 0.1) is 0 Å². The van der Waals surface area contributed by atoms with Gasteiger partial charge in [0.25, 0.3) is 0 Å². The molecular formula is C14H13NO3S. The molecule has 0 amide bonds. The van der Waals surface area contributed by atoms with Crippen molar-refractivity contribution in [2.24, 2.45) is 0 Å². The molecule has 5 heteroatoms. The molecule has 1 aromatic carbocycles. The lowest BCUT2D eigenvalue weighted by Crippen LogP contribution is -1.98. The molecule has 3 rings (SSSR count).